The fraction of sp³-hybridized carbons (Fsp3) is 0.240. The number of benzene rings is 2. The summed E-state index contributed by atoms with van der Waals surface area (Å²) >= 11 is 7.62. The standard InChI is InChI=1S/C25H21ClFN3O2S/c26-16-6-9-20-18(13-16)23-19(14-29-20)22(15-4-7-17(27)8-5-15)24(33-23)25(32)28-10-2-12-30-11-1-3-21(30)31/h4-9,13-14H,1-3,10-12H2,(H,28,32). The maximum absolute atomic E-state index is 13.6. The molecule has 0 atom stereocenters. The average molecular weight is 482 g/mol. The second-order valence-corrected chi connectivity index (χ2v) is 9.53. The van der Waals surface area contributed by atoms with Gasteiger partial charge in [-0.3, -0.25) is 14.6 Å². The highest BCUT2D eigenvalue weighted by molar-refractivity contribution is 7.22. The van der Waals surface area contributed by atoms with Gasteiger partial charge in [0.05, 0.1) is 5.52 Å². The van der Waals surface area contributed by atoms with Crippen LogP contribution < -0.4 is 5.32 Å². The molecule has 2 aromatic heterocycles. The van der Waals surface area contributed by atoms with E-state index in [0.717, 1.165) is 45.1 Å². The van der Waals surface area contributed by atoms with Gasteiger partial charge in [-0.1, -0.05) is 23.7 Å². The molecule has 0 saturated carbocycles. The van der Waals surface area contributed by atoms with Gasteiger partial charge in [0.1, 0.15) is 10.7 Å². The Hall–Kier alpha value is -3.03. The third kappa shape index (κ3) is 4.30. The first-order chi connectivity index (χ1) is 16.0. The number of aromatic nitrogens is 1. The van der Waals surface area contributed by atoms with Gasteiger partial charge < -0.3 is 10.2 Å². The van der Waals surface area contributed by atoms with Crippen LogP contribution in [-0.2, 0) is 4.79 Å². The van der Waals surface area contributed by atoms with Crippen molar-refractivity contribution in [2.75, 3.05) is 19.6 Å². The molecule has 1 saturated heterocycles. The summed E-state index contributed by atoms with van der Waals surface area (Å²) in [4.78, 5) is 32.0. The highest BCUT2D eigenvalue weighted by Crippen LogP contribution is 2.42. The van der Waals surface area contributed by atoms with Gasteiger partial charge in [-0.2, -0.15) is 0 Å². The monoisotopic (exact) mass is 481 g/mol. The van der Waals surface area contributed by atoms with E-state index < -0.39 is 0 Å². The fourth-order valence-electron chi connectivity index (χ4n) is 4.26. The predicted octanol–water partition coefficient (Wildman–Crippen LogP) is 5.65. The predicted molar refractivity (Wildman–Crippen MR) is 130 cm³/mol. The molecule has 168 valence electrons. The second kappa shape index (κ2) is 9.08. The molecule has 1 N–H and O–H groups in total. The van der Waals surface area contributed by atoms with E-state index in [2.05, 4.69) is 10.3 Å². The van der Waals surface area contributed by atoms with Crippen molar-refractivity contribution in [2.24, 2.45) is 0 Å². The largest absolute Gasteiger partial charge is 0.351 e. The molecule has 0 bridgehead atoms. The van der Waals surface area contributed by atoms with Crippen LogP contribution in [0.25, 0.3) is 32.1 Å². The van der Waals surface area contributed by atoms with E-state index >= 15 is 0 Å². The Kier molecular flexibility index (Phi) is 6.00. The summed E-state index contributed by atoms with van der Waals surface area (Å²) in [6, 6.07) is 11.6. The molecule has 0 unspecified atom stereocenters. The molecular formula is C25H21ClFN3O2S. The zero-order chi connectivity index (χ0) is 22.9. The van der Waals surface area contributed by atoms with E-state index in [-0.39, 0.29) is 17.6 Å². The van der Waals surface area contributed by atoms with Crippen LogP contribution in [-0.4, -0.2) is 41.3 Å². The van der Waals surface area contributed by atoms with Gasteiger partial charge >= 0.3 is 0 Å². The number of rotatable bonds is 6. The smallest absolute Gasteiger partial charge is 0.262 e. The normalized spacial score (nSPS) is 13.9. The molecule has 5 nitrogen and oxygen atoms in total. The first kappa shape index (κ1) is 21.8. The number of nitrogens with zero attached hydrogens (tertiary/aromatic N) is 2. The minimum Gasteiger partial charge on any atom is -0.351 e. The van der Waals surface area contributed by atoms with E-state index in [1.165, 1.54) is 23.5 Å². The molecule has 1 aliphatic rings. The van der Waals surface area contributed by atoms with E-state index in [4.69, 9.17) is 11.6 Å². The van der Waals surface area contributed by atoms with Gasteiger partial charge in [0.25, 0.3) is 5.91 Å². The highest BCUT2D eigenvalue weighted by atomic mass is 35.5. The Labute approximate surface area is 199 Å². The molecule has 0 spiro atoms. The summed E-state index contributed by atoms with van der Waals surface area (Å²) in [6.45, 7) is 1.90. The van der Waals surface area contributed by atoms with Crippen molar-refractivity contribution >= 4 is 55.7 Å². The molecule has 1 fully saturated rings. The number of pyridine rings is 1. The molecule has 0 radical (unpaired) electrons. The number of nitrogens with one attached hydrogen (secondary N) is 1. The topological polar surface area (TPSA) is 62.3 Å². The van der Waals surface area contributed by atoms with Crippen LogP contribution in [0.3, 0.4) is 0 Å². The van der Waals surface area contributed by atoms with Crippen molar-refractivity contribution in [1.29, 1.82) is 0 Å². The lowest BCUT2D eigenvalue weighted by molar-refractivity contribution is -0.127. The molecule has 2 aromatic carbocycles. The fourth-order valence-corrected chi connectivity index (χ4v) is 5.67. The molecule has 1 aliphatic heterocycles. The summed E-state index contributed by atoms with van der Waals surface area (Å²) in [7, 11) is 0. The number of hydrogen-bond donors (Lipinski definition) is 1. The van der Waals surface area contributed by atoms with E-state index in [0.29, 0.717) is 35.8 Å². The molecule has 4 aromatic rings. The Morgan fingerprint density at radius 3 is 2.76 bits per heavy atom. The van der Waals surface area contributed by atoms with Gasteiger partial charge in [0, 0.05) is 58.3 Å². The number of amides is 2. The van der Waals surface area contributed by atoms with Crippen molar-refractivity contribution in [3.8, 4) is 11.1 Å². The minimum absolute atomic E-state index is 0.183. The summed E-state index contributed by atoms with van der Waals surface area (Å²) in [6.07, 6.45) is 3.96. The molecule has 3 heterocycles. The number of thiophene rings is 1. The van der Waals surface area contributed by atoms with Crippen LogP contribution in [0.2, 0.25) is 5.02 Å². The van der Waals surface area contributed by atoms with Crippen molar-refractivity contribution in [3.05, 3.63) is 64.4 Å². The maximum atomic E-state index is 13.6. The molecule has 2 amide bonds. The molecular weight excluding hydrogens is 461 g/mol. The lowest BCUT2D eigenvalue weighted by Crippen LogP contribution is -2.30. The van der Waals surface area contributed by atoms with Crippen LogP contribution in [0, 0.1) is 5.82 Å². The average Bonchev–Trinajstić information content (AvgIpc) is 3.40. The first-order valence-corrected chi connectivity index (χ1v) is 12.0. The second-order valence-electron chi connectivity index (χ2n) is 8.07. The Bertz CT molecular complexity index is 1370. The molecule has 5 rings (SSSR count). The van der Waals surface area contributed by atoms with E-state index in [1.807, 2.05) is 17.0 Å². The molecule has 33 heavy (non-hydrogen) atoms. The van der Waals surface area contributed by atoms with Crippen molar-refractivity contribution < 1.29 is 14.0 Å². The number of carbonyl (C=O) groups is 2. The Balaban J connectivity index is 1.49. The summed E-state index contributed by atoms with van der Waals surface area (Å²) in [5.41, 5.74) is 2.27. The third-order valence-corrected chi connectivity index (χ3v) is 7.35. The number of carbonyl (C=O) groups excluding carboxylic acids is 2. The van der Waals surface area contributed by atoms with Gasteiger partial charge in [0.15, 0.2) is 0 Å². The molecule has 0 aliphatic carbocycles. The van der Waals surface area contributed by atoms with Crippen LogP contribution >= 0.6 is 22.9 Å². The number of halogens is 2. The Morgan fingerprint density at radius 2 is 2.00 bits per heavy atom. The number of fused-ring (bicyclic) bond motifs is 3. The van der Waals surface area contributed by atoms with Crippen LogP contribution in [0.5, 0.6) is 0 Å². The minimum atomic E-state index is -0.337. The van der Waals surface area contributed by atoms with Gasteiger partial charge in [-0.25, -0.2) is 4.39 Å². The van der Waals surface area contributed by atoms with Crippen LogP contribution in [0.15, 0.2) is 48.7 Å². The highest BCUT2D eigenvalue weighted by Gasteiger charge is 2.22. The molecule has 8 heteroatoms. The summed E-state index contributed by atoms with van der Waals surface area (Å²) < 4.78 is 14.5. The Morgan fingerprint density at radius 1 is 1.18 bits per heavy atom. The van der Waals surface area contributed by atoms with E-state index in [9.17, 15) is 14.0 Å². The van der Waals surface area contributed by atoms with Gasteiger partial charge in [-0.05, 0) is 48.7 Å². The zero-order valence-electron chi connectivity index (χ0n) is 17.7. The van der Waals surface area contributed by atoms with Gasteiger partial charge in [0.2, 0.25) is 5.91 Å². The summed E-state index contributed by atoms with van der Waals surface area (Å²) in [5, 5.41) is 5.29. The van der Waals surface area contributed by atoms with Crippen LogP contribution in [0.4, 0.5) is 4.39 Å². The SMILES string of the molecule is O=C(NCCCN1CCCC1=O)c1sc2c(cnc3ccc(Cl)cc32)c1-c1ccc(F)cc1. The maximum Gasteiger partial charge on any atom is 0.262 e. The quantitative estimate of drug-likeness (QED) is 0.362. The van der Waals surface area contributed by atoms with Gasteiger partial charge in [-0.15, -0.1) is 11.3 Å². The van der Waals surface area contributed by atoms with Crippen molar-refractivity contribution in [3.63, 3.8) is 0 Å². The lowest BCUT2D eigenvalue weighted by atomic mass is 10.0. The summed E-state index contributed by atoms with van der Waals surface area (Å²) in [5.74, 6) is -0.350. The van der Waals surface area contributed by atoms with E-state index in [1.54, 1.807) is 24.4 Å². The third-order valence-electron chi connectivity index (χ3n) is 5.88. The lowest BCUT2D eigenvalue weighted by Gasteiger charge is -2.15. The van der Waals surface area contributed by atoms with Crippen molar-refractivity contribution in [2.45, 2.75) is 19.3 Å². The van der Waals surface area contributed by atoms with Crippen LogP contribution in [0.1, 0.15) is 28.9 Å². The first-order valence-electron chi connectivity index (χ1n) is 10.8. The number of hydrogen-bond acceptors (Lipinski definition) is 4. The number of likely N-dealkylation sites (tertiary alicyclic amines) is 1. The van der Waals surface area contributed by atoms with Crippen molar-refractivity contribution in [1.82, 2.24) is 15.2 Å². The zero-order valence-corrected chi connectivity index (χ0v) is 19.3.